The number of amides is 1. The van der Waals surface area contributed by atoms with Crippen LogP contribution in [0.15, 0.2) is 5.38 Å². The van der Waals surface area contributed by atoms with E-state index < -0.39 is 11.5 Å². The number of carbonyl (C=O) groups excluding carboxylic acids is 1. The molecule has 1 amide bonds. The molecule has 0 aromatic carbocycles. The number of nitrogens with zero attached hydrogens (tertiary/aromatic N) is 1. The lowest BCUT2D eigenvalue weighted by atomic mass is 9.99. The minimum atomic E-state index is -1.09. The molecule has 1 atom stereocenters. The molecule has 1 rings (SSSR count). The Labute approximate surface area is 109 Å². The van der Waals surface area contributed by atoms with Gasteiger partial charge >= 0.3 is 5.97 Å². The molecule has 7 heteroatoms. The van der Waals surface area contributed by atoms with Gasteiger partial charge in [-0.1, -0.05) is 6.92 Å². The zero-order valence-electron chi connectivity index (χ0n) is 10.6. The molecule has 0 radical (unpaired) electrons. The van der Waals surface area contributed by atoms with Crippen LogP contribution in [-0.4, -0.2) is 34.1 Å². The summed E-state index contributed by atoms with van der Waals surface area (Å²) in [6, 6.07) is 0. The summed E-state index contributed by atoms with van der Waals surface area (Å²) >= 11 is 1.34. The maximum atomic E-state index is 11.6. The molecule has 3 N–H and O–H groups in total. The molecule has 18 heavy (non-hydrogen) atoms. The Bertz CT molecular complexity index is 446. The Morgan fingerprint density at radius 1 is 1.56 bits per heavy atom. The molecule has 0 spiro atoms. The van der Waals surface area contributed by atoms with E-state index in [1.165, 1.54) is 11.3 Å². The van der Waals surface area contributed by atoms with Gasteiger partial charge < -0.3 is 10.4 Å². The highest BCUT2D eigenvalue weighted by Gasteiger charge is 2.30. The lowest BCUT2D eigenvalue weighted by Gasteiger charge is -2.24. The number of carboxylic acids is 1. The molecule has 0 saturated carbocycles. The molecular weight excluding hydrogens is 254 g/mol. The number of anilines is 1. The molecule has 1 unspecified atom stereocenters. The highest BCUT2D eigenvalue weighted by atomic mass is 32.1. The lowest BCUT2D eigenvalue weighted by molar-refractivity contribution is -0.144. The monoisotopic (exact) mass is 271 g/mol. The summed E-state index contributed by atoms with van der Waals surface area (Å²) in [5.74, 6) is -1.27. The first-order valence-electron chi connectivity index (χ1n) is 5.58. The maximum absolute atomic E-state index is 11.6. The van der Waals surface area contributed by atoms with Crippen LogP contribution in [0.5, 0.6) is 0 Å². The fourth-order valence-electron chi connectivity index (χ4n) is 1.20. The zero-order chi connectivity index (χ0) is 13.8. The van der Waals surface area contributed by atoms with Gasteiger partial charge in [0.2, 0.25) is 5.91 Å². The summed E-state index contributed by atoms with van der Waals surface area (Å²) in [7, 11) is 0. The van der Waals surface area contributed by atoms with Gasteiger partial charge in [0.05, 0.1) is 12.2 Å². The van der Waals surface area contributed by atoms with Gasteiger partial charge in [-0.2, -0.15) is 0 Å². The molecule has 100 valence electrons. The van der Waals surface area contributed by atoms with Crippen LogP contribution >= 0.6 is 11.3 Å². The molecule has 0 bridgehead atoms. The van der Waals surface area contributed by atoms with Gasteiger partial charge in [-0.15, -0.1) is 11.3 Å². The quantitative estimate of drug-likeness (QED) is 0.724. The molecular formula is C11H17N3O3S. The largest absolute Gasteiger partial charge is 0.480 e. The molecule has 0 fully saturated rings. The summed E-state index contributed by atoms with van der Waals surface area (Å²) in [5.41, 5.74) is -0.247. The highest BCUT2D eigenvalue weighted by Crippen LogP contribution is 2.14. The van der Waals surface area contributed by atoms with Gasteiger partial charge in [-0.25, -0.2) is 4.98 Å². The van der Waals surface area contributed by atoms with Crippen LogP contribution in [0.1, 0.15) is 26.0 Å². The maximum Gasteiger partial charge on any atom is 0.323 e. The first-order valence-corrected chi connectivity index (χ1v) is 6.45. The number of nitrogens with one attached hydrogen (secondary N) is 2. The Morgan fingerprint density at radius 2 is 2.22 bits per heavy atom. The average Bonchev–Trinajstić information content (AvgIpc) is 2.71. The van der Waals surface area contributed by atoms with E-state index in [4.69, 9.17) is 5.11 Å². The summed E-state index contributed by atoms with van der Waals surface area (Å²) in [4.78, 5) is 26.7. The molecule has 6 nitrogen and oxygen atoms in total. The van der Waals surface area contributed by atoms with Crippen LogP contribution in [0, 0.1) is 6.92 Å². The number of aromatic nitrogens is 1. The molecule has 0 aliphatic rings. The van der Waals surface area contributed by atoms with Crippen LogP contribution in [0.4, 0.5) is 5.13 Å². The molecule has 0 aliphatic carbocycles. The fraction of sp³-hybridized carbons (Fsp3) is 0.545. The van der Waals surface area contributed by atoms with Crippen molar-refractivity contribution < 1.29 is 14.7 Å². The van der Waals surface area contributed by atoms with E-state index >= 15 is 0 Å². The number of hydrogen-bond donors (Lipinski definition) is 3. The van der Waals surface area contributed by atoms with Crippen molar-refractivity contribution in [3.05, 3.63) is 11.1 Å². The number of aliphatic carboxylic acids is 1. The molecule has 0 aliphatic heterocycles. The van der Waals surface area contributed by atoms with Crippen molar-refractivity contribution in [2.24, 2.45) is 0 Å². The lowest BCUT2D eigenvalue weighted by Crippen LogP contribution is -2.51. The summed E-state index contributed by atoms with van der Waals surface area (Å²) in [5, 5.41) is 16.7. The third-order valence-electron chi connectivity index (χ3n) is 2.68. The van der Waals surface area contributed by atoms with Gasteiger partial charge in [0.15, 0.2) is 5.13 Å². The molecule has 1 aromatic rings. The molecule has 1 heterocycles. The second kappa shape index (κ2) is 5.92. The van der Waals surface area contributed by atoms with Gasteiger partial charge in [-0.3, -0.25) is 14.9 Å². The third-order valence-corrected chi connectivity index (χ3v) is 3.56. The molecule has 0 saturated heterocycles. The Hall–Kier alpha value is -1.47. The number of rotatable bonds is 6. The van der Waals surface area contributed by atoms with Crippen molar-refractivity contribution in [3.63, 3.8) is 0 Å². The van der Waals surface area contributed by atoms with Gasteiger partial charge in [0.25, 0.3) is 0 Å². The van der Waals surface area contributed by atoms with Crippen LogP contribution in [0.3, 0.4) is 0 Å². The predicted molar refractivity (Wildman–Crippen MR) is 69.8 cm³/mol. The Kier molecular flexibility index (Phi) is 4.80. The fourth-order valence-corrected chi connectivity index (χ4v) is 1.91. The van der Waals surface area contributed by atoms with E-state index in [0.29, 0.717) is 11.6 Å². The topological polar surface area (TPSA) is 91.3 Å². The number of carboxylic acid groups (broad SMARTS) is 1. The number of carbonyl (C=O) groups is 2. The van der Waals surface area contributed by atoms with Gasteiger partial charge in [0, 0.05) is 5.38 Å². The smallest absolute Gasteiger partial charge is 0.323 e. The number of aryl methyl sites for hydroxylation is 1. The average molecular weight is 271 g/mol. The minimum Gasteiger partial charge on any atom is -0.480 e. The van der Waals surface area contributed by atoms with Crippen LogP contribution < -0.4 is 10.6 Å². The van der Waals surface area contributed by atoms with Crippen LogP contribution in [0.25, 0.3) is 0 Å². The minimum absolute atomic E-state index is 0.0603. The number of hydrogen-bond acceptors (Lipinski definition) is 5. The third kappa shape index (κ3) is 3.78. The van der Waals surface area contributed by atoms with Crippen molar-refractivity contribution in [1.82, 2.24) is 10.3 Å². The van der Waals surface area contributed by atoms with Crippen molar-refractivity contribution in [3.8, 4) is 0 Å². The SMILES string of the molecule is CCC(C)(NCC(=O)Nc1nc(C)cs1)C(=O)O. The summed E-state index contributed by atoms with van der Waals surface area (Å²) in [6.07, 6.45) is 0.395. The normalized spacial score (nSPS) is 13.9. The van der Waals surface area contributed by atoms with Crippen molar-refractivity contribution in [1.29, 1.82) is 0 Å². The van der Waals surface area contributed by atoms with Crippen molar-refractivity contribution in [2.45, 2.75) is 32.7 Å². The number of thiazole rings is 1. The first-order chi connectivity index (χ1) is 8.37. The Morgan fingerprint density at radius 3 is 2.67 bits per heavy atom. The van der Waals surface area contributed by atoms with Crippen LogP contribution in [-0.2, 0) is 9.59 Å². The second-order valence-corrected chi connectivity index (χ2v) is 5.04. The van der Waals surface area contributed by atoms with Crippen molar-refractivity contribution >= 4 is 28.3 Å². The zero-order valence-corrected chi connectivity index (χ0v) is 11.4. The van der Waals surface area contributed by atoms with Gasteiger partial charge in [-0.05, 0) is 20.3 Å². The van der Waals surface area contributed by atoms with E-state index in [-0.39, 0.29) is 12.5 Å². The van der Waals surface area contributed by atoms with E-state index in [2.05, 4.69) is 15.6 Å². The summed E-state index contributed by atoms with van der Waals surface area (Å²) in [6.45, 7) is 5.08. The van der Waals surface area contributed by atoms with E-state index in [1.807, 2.05) is 12.3 Å². The van der Waals surface area contributed by atoms with E-state index in [9.17, 15) is 9.59 Å². The predicted octanol–water partition coefficient (Wildman–Crippen LogP) is 1.23. The molecule has 1 aromatic heterocycles. The van der Waals surface area contributed by atoms with Crippen LogP contribution in [0.2, 0.25) is 0 Å². The van der Waals surface area contributed by atoms with E-state index in [1.54, 1.807) is 13.8 Å². The van der Waals surface area contributed by atoms with Gasteiger partial charge in [0.1, 0.15) is 5.54 Å². The standard InChI is InChI=1S/C11H17N3O3S/c1-4-11(3,9(16)17)12-5-8(15)14-10-13-7(2)6-18-10/h6,12H,4-5H2,1-3H3,(H,16,17)(H,13,14,15). The van der Waals surface area contributed by atoms with E-state index in [0.717, 1.165) is 5.69 Å². The summed E-state index contributed by atoms with van der Waals surface area (Å²) < 4.78 is 0. The Balaban J connectivity index is 2.48. The van der Waals surface area contributed by atoms with Crippen molar-refractivity contribution in [2.75, 3.05) is 11.9 Å². The first kappa shape index (κ1) is 14.6. The second-order valence-electron chi connectivity index (χ2n) is 4.19. The highest BCUT2D eigenvalue weighted by molar-refractivity contribution is 7.13.